The highest BCUT2D eigenvalue weighted by molar-refractivity contribution is 5.81. The van der Waals surface area contributed by atoms with Crippen LogP contribution in [0.1, 0.15) is 12.8 Å². The Labute approximate surface area is 121 Å². The van der Waals surface area contributed by atoms with E-state index in [0.29, 0.717) is 0 Å². The normalized spacial score (nSPS) is 40.5. The van der Waals surface area contributed by atoms with Gasteiger partial charge < -0.3 is 35.8 Å². The van der Waals surface area contributed by atoms with Crippen LogP contribution in [0.25, 0.3) is 0 Å². The highest BCUT2D eigenvalue weighted by Crippen LogP contribution is 2.40. The van der Waals surface area contributed by atoms with Crippen LogP contribution in [0.15, 0.2) is 0 Å². The van der Waals surface area contributed by atoms with E-state index in [1.165, 1.54) is 0 Å². The Kier molecular flexibility index (Phi) is 4.49. The third-order valence-electron chi connectivity index (χ3n) is 4.10. The number of nitrogens with one attached hydrogen (secondary N) is 1. The predicted molar refractivity (Wildman–Crippen MR) is 68.7 cm³/mol. The molecule has 9 heteroatoms. The number of likely N-dealkylation sites (N-methyl/N-ethyl adjacent to an activating group) is 1. The largest absolute Gasteiger partial charge is 0.480 e. The van der Waals surface area contributed by atoms with E-state index in [2.05, 4.69) is 5.32 Å². The first-order valence-electron chi connectivity index (χ1n) is 6.67. The predicted octanol–water partition coefficient (Wildman–Crippen LogP) is -2.25. The fourth-order valence-electron chi connectivity index (χ4n) is 2.98. The zero-order valence-corrected chi connectivity index (χ0v) is 11.6. The van der Waals surface area contributed by atoms with Gasteiger partial charge in [0.1, 0.15) is 12.1 Å². The minimum atomic E-state index is -1.72. The molecule has 2 fully saturated rings. The second-order valence-corrected chi connectivity index (χ2v) is 5.49. The number of carboxylic acids is 2. The van der Waals surface area contributed by atoms with Crippen LogP contribution >= 0.6 is 0 Å². The van der Waals surface area contributed by atoms with Gasteiger partial charge >= 0.3 is 11.9 Å². The molecule has 21 heavy (non-hydrogen) atoms. The number of rotatable bonds is 5. The first kappa shape index (κ1) is 16.1. The molecule has 0 aromatic carbocycles. The number of carboxylic acid groups (broad SMARTS) is 2. The summed E-state index contributed by atoms with van der Waals surface area (Å²) in [7, 11) is 1.63. The molecule has 120 valence electrons. The minimum Gasteiger partial charge on any atom is -0.480 e. The summed E-state index contributed by atoms with van der Waals surface area (Å²) < 4.78 is 11.0. The maximum Gasteiger partial charge on any atom is 0.336 e. The van der Waals surface area contributed by atoms with E-state index >= 15 is 0 Å². The van der Waals surface area contributed by atoms with Crippen molar-refractivity contribution in [2.24, 2.45) is 5.73 Å². The lowest BCUT2D eigenvalue weighted by Crippen LogP contribution is -2.57. The molecule has 2 saturated heterocycles. The van der Waals surface area contributed by atoms with Crippen LogP contribution in [-0.4, -0.2) is 76.9 Å². The van der Waals surface area contributed by atoms with Crippen molar-refractivity contribution in [3.8, 4) is 0 Å². The second-order valence-electron chi connectivity index (χ2n) is 5.49. The van der Waals surface area contributed by atoms with Crippen LogP contribution in [0.2, 0.25) is 0 Å². The zero-order valence-electron chi connectivity index (χ0n) is 11.6. The van der Waals surface area contributed by atoms with Crippen molar-refractivity contribution in [2.75, 3.05) is 13.7 Å². The molecule has 2 aliphatic rings. The quantitative estimate of drug-likeness (QED) is 0.379. The van der Waals surface area contributed by atoms with Gasteiger partial charge in [0.2, 0.25) is 0 Å². The summed E-state index contributed by atoms with van der Waals surface area (Å²) in [6.45, 7) is 0.0662. The van der Waals surface area contributed by atoms with Gasteiger partial charge in [-0.3, -0.25) is 4.79 Å². The average molecular weight is 304 g/mol. The maximum atomic E-state index is 11.6. The number of aliphatic hydroxyl groups is 1. The van der Waals surface area contributed by atoms with Crippen molar-refractivity contribution in [1.29, 1.82) is 0 Å². The zero-order chi connectivity index (χ0) is 15.8. The molecule has 0 aromatic rings. The molecule has 6 N–H and O–H groups in total. The summed E-state index contributed by atoms with van der Waals surface area (Å²) in [5.41, 5.74) is 3.74. The van der Waals surface area contributed by atoms with Crippen molar-refractivity contribution in [3.63, 3.8) is 0 Å². The fraction of sp³-hybridized carbons (Fsp3) is 0.833. The van der Waals surface area contributed by atoms with Crippen LogP contribution in [0.4, 0.5) is 0 Å². The number of hydrogen-bond acceptors (Lipinski definition) is 7. The van der Waals surface area contributed by atoms with Gasteiger partial charge in [-0.15, -0.1) is 0 Å². The number of nitrogens with two attached hydrogens (primary N) is 1. The summed E-state index contributed by atoms with van der Waals surface area (Å²) in [6, 6.07) is -1.83. The second kappa shape index (κ2) is 5.85. The van der Waals surface area contributed by atoms with Gasteiger partial charge in [-0.1, -0.05) is 0 Å². The number of fused-ring (bicyclic) bond motifs is 1. The van der Waals surface area contributed by atoms with Crippen molar-refractivity contribution in [3.05, 3.63) is 0 Å². The van der Waals surface area contributed by atoms with Gasteiger partial charge in [-0.05, 0) is 7.05 Å². The molecule has 3 unspecified atom stereocenters. The van der Waals surface area contributed by atoms with Crippen LogP contribution < -0.4 is 11.1 Å². The standard InChI is InChI=1S/C12H20N2O7/c1-14-8-6(15)4-20-7-3-12(11(18)19,21-9(7)8)2-5(13)10(16)17/h5-9,14-15H,2-4,13H2,1H3,(H,16,17)(H,18,19)/t5?,6-,7?,8-,9?,12-/m1/s1. The van der Waals surface area contributed by atoms with E-state index in [0.717, 1.165) is 0 Å². The smallest absolute Gasteiger partial charge is 0.336 e. The first-order valence-corrected chi connectivity index (χ1v) is 6.67. The van der Waals surface area contributed by atoms with Crippen molar-refractivity contribution in [1.82, 2.24) is 5.32 Å². The number of hydrogen-bond donors (Lipinski definition) is 5. The monoisotopic (exact) mass is 304 g/mol. The number of ether oxygens (including phenoxy) is 2. The van der Waals surface area contributed by atoms with Gasteiger partial charge in [0.25, 0.3) is 0 Å². The summed E-state index contributed by atoms with van der Waals surface area (Å²) in [5, 5.41) is 31.1. The van der Waals surface area contributed by atoms with E-state index in [4.69, 9.17) is 20.3 Å². The molecule has 2 heterocycles. The van der Waals surface area contributed by atoms with Gasteiger partial charge in [-0.2, -0.15) is 0 Å². The lowest BCUT2D eigenvalue weighted by Gasteiger charge is -2.36. The Balaban J connectivity index is 2.22. The van der Waals surface area contributed by atoms with Crippen LogP contribution in [0.5, 0.6) is 0 Å². The Morgan fingerprint density at radius 3 is 2.67 bits per heavy atom. The molecule has 0 aliphatic carbocycles. The molecule has 0 radical (unpaired) electrons. The Bertz CT molecular complexity index is 432. The molecule has 0 aromatic heterocycles. The molecule has 0 saturated carbocycles. The number of aliphatic hydroxyl groups excluding tert-OH is 1. The lowest BCUT2D eigenvalue weighted by molar-refractivity contribution is -0.175. The van der Waals surface area contributed by atoms with Crippen molar-refractivity contribution < 1.29 is 34.4 Å². The molecule has 0 amide bonds. The Morgan fingerprint density at radius 2 is 2.14 bits per heavy atom. The van der Waals surface area contributed by atoms with E-state index in [9.17, 15) is 19.8 Å². The third kappa shape index (κ3) is 2.87. The van der Waals surface area contributed by atoms with Gasteiger partial charge in [0, 0.05) is 12.8 Å². The summed E-state index contributed by atoms with van der Waals surface area (Å²) >= 11 is 0. The summed E-state index contributed by atoms with van der Waals surface area (Å²) in [6.07, 6.45) is -2.38. The molecular weight excluding hydrogens is 284 g/mol. The van der Waals surface area contributed by atoms with Crippen molar-refractivity contribution in [2.45, 2.75) is 48.8 Å². The fourth-order valence-corrected chi connectivity index (χ4v) is 2.98. The molecule has 9 nitrogen and oxygen atoms in total. The van der Waals surface area contributed by atoms with Gasteiger partial charge in [0.15, 0.2) is 5.60 Å². The van der Waals surface area contributed by atoms with Gasteiger partial charge in [0.05, 0.1) is 24.9 Å². The SMILES string of the molecule is CN[C@H]1C2O[C@@](CC(N)C(=O)O)(C(=O)O)CC2OC[C@H]1O. The number of carbonyl (C=O) groups is 2. The molecular formula is C12H20N2O7. The Morgan fingerprint density at radius 1 is 1.48 bits per heavy atom. The molecule has 0 bridgehead atoms. The third-order valence-corrected chi connectivity index (χ3v) is 4.10. The highest BCUT2D eigenvalue weighted by atomic mass is 16.6. The van der Waals surface area contributed by atoms with Gasteiger partial charge in [-0.25, -0.2) is 4.79 Å². The maximum absolute atomic E-state index is 11.6. The molecule has 0 spiro atoms. The number of aliphatic carboxylic acids is 2. The molecule has 6 atom stereocenters. The Hall–Kier alpha value is -1.26. The molecule has 2 rings (SSSR count). The summed E-state index contributed by atoms with van der Waals surface area (Å²) in [5.74, 6) is -2.57. The summed E-state index contributed by atoms with van der Waals surface area (Å²) in [4.78, 5) is 22.5. The van der Waals surface area contributed by atoms with E-state index in [1.54, 1.807) is 7.05 Å². The van der Waals surface area contributed by atoms with Crippen LogP contribution in [0.3, 0.4) is 0 Å². The molecule has 2 aliphatic heterocycles. The van der Waals surface area contributed by atoms with Crippen LogP contribution in [-0.2, 0) is 19.1 Å². The highest BCUT2D eigenvalue weighted by Gasteiger charge is 2.57. The first-order chi connectivity index (χ1) is 9.80. The van der Waals surface area contributed by atoms with Crippen LogP contribution in [0, 0.1) is 0 Å². The van der Waals surface area contributed by atoms with Crippen molar-refractivity contribution >= 4 is 11.9 Å². The van der Waals surface area contributed by atoms with E-state index in [1.807, 2.05) is 0 Å². The van der Waals surface area contributed by atoms with E-state index in [-0.39, 0.29) is 19.4 Å². The topological polar surface area (TPSA) is 151 Å². The van der Waals surface area contributed by atoms with E-state index < -0.39 is 47.9 Å². The lowest BCUT2D eigenvalue weighted by atomic mass is 9.89. The average Bonchev–Trinajstić information content (AvgIpc) is 2.78. The minimum absolute atomic E-state index is 0.00111.